The summed E-state index contributed by atoms with van der Waals surface area (Å²) in [5.41, 5.74) is 0.319. The minimum Gasteiger partial charge on any atom is -0.504 e. The van der Waals surface area contributed by atoms with Gasteiger partial charge in [0.1, 0.15) is 0 Å². The molecule has 3 nitrogen and oxygen atoms in total. The molecule has 0 fully saturated rings. The molecule has 0 saturated carbocycles. The Hall–Kier alpha value is -1.84. The lowest BCUT2D eigenvalue weighted by Gasteiger charge is -2.05. The van der Waals surface area contributed by atoms with E-state index < -0.39 is 11.6 Å². The van der Waals surface area contributed by atoms with E-state index in [0.717, 1.165) is 6.07 Å². The molecule has 0 bridgehead atoms. The molecule has 1 N–H and O–H groups in total. The van der Waals surface area contributed by atoms with Crippen LogP contribution in [-0.2, 0) is 7.05 Å². The van der Waals surface area contributed by atoms with Crippen molar-refractivity contribution in [2.45, 2.75) is 0 Å². The smallest absolute Gasteiger partial charge is 0.250 e. The van der Waals surface area contributed by atoms with Crippen molar-refractivity contribution in [1.29, 1.82) is 0 Å². The van der Waals surface area contributed by atoms with E-state index >= 15 is 0 Å². The topological polar surface area (TPSA) is 42.2 Å². The number of hydrogen-bond donors (Lipinski definition) is 1. The van der Waals surface area contributed by atoms with Crippen LogP contribution in [0.15, 0.2) is 29.1 Å². The van der Waals surface area contributed by atoms with Gasteiger partial charge >= 0.3 is 0 Å². The summed E-state index contributed by atoms with van der Waals surface area (Å²) >= 11 is 0. The van der Waals surface area contributed by atoms with Crippen LogP contribution >= 0.6 is 0 Å². The molecule has 0 aliphatic heterocycles. The van der Waals surface area contributed by atoms with Gasteiger partial charge in [-0.1, -0.05) is 0 Å². The van der Waals surface area contributed by atoms with Crippen LogP contribution in [0.25, 0.3) is 10.9 Å². The van der Waals surface area contributed by atoms with E-state index in [1.54, 1.807) is 7.05 Å². The predicted molar refractivity (Wildman–Crippen MR) is 50.8 cm³/mol. The molecule has 0 aliphatic rings. The lowest BCUT2D eigenvalue weighted by atomic mass is 10.2. The van der Waals surface area contributed by atoms with Crippen molar-refractivity contribution in [1.82, 2.24) is 4.57 Å². The van der Waals surface area contributed by atoms with Crippen molar-refractivity contribution < 1.29 is 9.50 Å². The molecule has 2 aromatic rings. The largest absolute Gasteiger partial charge is 0.504 e. The second-order valence-electron chi connectivity index (χ2n) is 3.06. The van der Waals surface area contributed by atoms with Gasteiger partial charge in [0, 0.05) is 18.5 Å². The summed E-state index contributed by atoms with van der Waals surface area (Å²) in [5, 5.41) is 9.72. The average Bonchev–Trinajstić information content (AvgIpc) is 2.17. The quantitative estimate of drug-likeness (QED) is 0.686. The van der Waals surface area contributed by atoms with Gasteiger partial charge in [0.15, 0.2) is 11.6 Å². The maximum atomic E-state index is 12.9. The zero-order valence-corrected chi connectivity index (χ0v) is 7.49. The first-order valence-corrected chi connectivity index (χ1v) is 4.08. The fraction of sp³-hybridized carbons (Fsp3) is 0.100. The van der Waals surface area contributed by atoms with Gasteiger partial charge in [0.2, 0.25) is 0 Å². The Bertz CT molecular complexity index is 560. The van der Waals surface area contributed by atoms with Crippen LogP contribution in [0, 0.1) is 5.82 Å². The van der Waals surface area contributed by atoms with Crippen LogP contribution in [0.1, 0.15) is 0 Å². The first-order chi connectivity index (χ1) is 6.61. The molecule has 72 valence electrons. The van der Waals surface area contributed by atoms with E-state index in [1.807, 2.05) is 0 Å². The number of aromatic hydroxyl groups is 1. The number of pyridine rings is 1. The first-order valence-electron chi connectivity index (χ1n) is 4.08. The Morgan fingerprint density at radius 3 is 2.71 bits per heavy atom. The summed E-state index contributed by atoms with van der Waals surface area (Å²) in [4.78, 5) is 11.2. The molecule has 4 heteroatoms. The third-order valence-electron chi connectivity index (χ3n) is 2.23. The number of halogens is 1. The number of rotatable bonds is 0. The summed E-state index contributed by atoms with van der Waals surface area (Å²) in [6, 6.07) is 5.31. The van der Waals surface area contributed by atoms with Crippen molar-refractivity contribution in [2.24, 2.45) is 7.05 Å². The molecule has 2 rings (SSSR count). The summed E-state index contributed by atoms with van der Waals surface area (Å²) in [7, 11) is 1.57. The van der Waals surface area contributed by atoms with E-state index in [2.05, 4.69) is 0 Å². The van der Waals surface area contributed by atoms with E-state index in [1.165, 1.54) is 22.8 Å². The second-order valence-corrected chi connectivity index (χ2v) is 3.06. The zero-order chi connectivity index (χ0) is 10.3. The van der Waals surface area contributed by atoms with Crippen LogP contribution in [0.4, 0.5) is 4.39 Å². The number of phenols is 1. The highest BCUT2D eigenvalue weighted by atomic mass is 19.1. The summed E-state index contributed by atoms with van der Waals surface area (Å²) < 4.78 is 14.3. The molecule has 0 saturated heterocycles. The van der Waals surface area contributed by atoms with Crippen LogP contribution in [0.2, 0.25) is 0 Å². The molecule has 1 aromatic heterocycles. The first kappa shape index (κ1) is 8.74. The number of benzene rings is 1. The Morgan fingerprint density at radius 2 is 2.00 bits per heavy atom. The van der Waals surface area contributed by atoms with E-state index in [0.29, 0.717) is 10.9 Å². The van der Waals surface area contributed by atoms with Gasteiger partial charge in [-0.25, -0.2) is 4.39 Å². The molecular formula is C10H8FNO2. The average molecular weight is 193 g/mol. The predicted octanol–water partition coefficient (Wildman–Crippen LogP) is 1.38. The van der Waals surface area contributed by atoms with Crippen molar-refractivity contribution in [3.63, 3.8) is 0 Å². The van der Waals surface area contributed by atoms with Gasteiger partial charge in [-0.15, -0.1) is 0 Å². The second kappa shape index (κ2) is 2.83. The maximum absolute atomic E-state index is 12.9. The maximum Gasteiger partial charge on any atom is 0.250 e. The minimum absolute atomic E-state index is 0.191. The van der Waals surface area contributed by atoms with Crippen molar-refractivity contribution in [3.05, 3.63) is 40.4 Å². The number of aryl methyl sites for hydroxylation is 1. The molecule has 1 aromatic carbocycles. The number of phenolic OH excluding ortho intramolecular Hbond substituents is 1. The van der Waals surface area contributed by atoms with Gasteiger partial charge in [0.05, 0.1) is 5.52 Å². The molecule has 0 spiro atoms. The fourth-order valence-electron chi connectivity index (χ4n) is 1.41. The highest BCUT2D eigenvalue weighted by Crippen LogP contribution is 2.25. The molecule has 14 heavy (non-hydrogen) atoms. The van der Waals surface area contributed by atoms with Crippen LogP contribution in [-0.4, -0.2) is 9.67 Å². The Balaban J connectivity index is 3.01. The van der Waals surface area contributed by atoms with E-state index in [-0.39, 0.29) is 5.56 Å². The number of aromatic nitrogens is 1. The highest BCUT2D eigenvalue weighted by molar-refractivity contribution is 5.85. The Kier molecular flexibility index (Phi) is 1.77. The Morgan fingerprint density at radius 1 is 1.29 bits per heavy atom. The molecule has 0 unspecified atom stereocenters. The lowest BCUT2D eigenvalue weighted by Crippen LogP contribution is -2.14. The van der Waals surface area contributed by atoms with Crippen LogP contribution in [0.3, 0.4) is 0 Å². The van der Waals surface area contributed by atoms with Gasteiger partial charge in [-0.3, -0.25) is 4.79 Å². The number of fused-ring (bicyclic) bond motifs is 1. The Labute approximate surface area is 79.0 Å². The molecule has 0 amide bonds. The molecule has 1 heterocycles. The number of nitrogens with zero attached hydrogens (tertiary/aromatic N) is 1. The summed E-state index contributed by atoms with van der Waals surface area (Å²) in [5.74, 6) is -1.10. The van der Waals surface area contributed by atoms with Crippen molar-refractivity contribution >= 4 is 10.9 Å². The third-order valence-corrected chi connectivity index (χ3v) is 2.23. The highest BCUT2D eigenvalue weighted by Gasteiger charge is 2.07. The third kappa shape index (κ3) is 1.08. The molecule has 0 aliphatic carbocycles. The van der Waals surface area contributed by atoms with Gasteiger partial charge in [-0.05, 0) is 18.2 Å². The van der Waals surface area contributed by atoms with Crippen LogP contribution in [0.5, 0.6) is 5.75 Å². The lowest BCUT2D eigenvalue weighted by molar-refractivity contribution is 0.438. The standard InChI is InChI=1S/C10H8FNO2/c1-12-8-4-3-7(11)10(14)6(8)2-5-9(12)13/h2-5,14H,1H3. The normalized spacial score (nSPS) is 10.7. The van der Waals surface area contributed by atoms with Crippen LogP contribution < -0.4 is 5.56 Å². The van der Waals surface area contributed by atoms with E-state index in [9.17, 15) is 14.3 Å². The van der Waals surface area contributed by atoms with Gasteiger partial charge in [0.25, 0.3) is 5.56 Å². The van der Waals surface area contributed by atoms with Crippen molar-refractivity contribution in [2.75, 3.05) is 0 Å². The molecule has 0 radical (unpaired) electrons. The van der Waals surface area contributed by atoms with Gasteiger partial charge in [-0.2, -0.15) is 0 Å². The SMILES string of the molecule is Cn1c(=O)ccc2c(O)c(F)ccc21. The molecular weight excluding hydrogens is 185 g/mol. The van der Waals surface area contributed by atoms with Gasteiger partial charge < -0.3 is 9.67 Å². The van der Waals surface area contributed by atoms with Crippen molar-refractivity contribution in [3.8, 4) is 5.75 Å². The zero-order valence-electron chi connectivity index (χ0n) is 7.49. The van der Waals surface area contributed by atoms with E-state index in [4.69, 9.17) is 0 Å². The fourth-order valence-corrected chi connectivity index (χ4v) is 1.41. The molecule has 0 atom stereocenters. The monoisotopic (exact) mass is 193 g/mol. The summed E-state index contributed by atoms with van der Waals surface area (Å²) in [6.07, 6.45) is 0. The minimum atomic E-state index is -0.684. The number of hydrogen-bond acceptors (Lipinski definition) is 2. The summed E-state index contributed by atoms with van der Waals surface area (Å²) in [6.45, 7) is 0.